The summed E-state index contributed by atoms with van der Waals surface area (Å²) < 4.78 is 16.1. The van der Waals surface area contributed by atoms with E-state index in [9.17, 15) is 4.39 Å². The second-order valence-corrected chi connectivity index (χ2v) is 5.60. The molecule has 5 heteroatoms. The fourth-order valence-electron chi connectivity index (χ4n) is 2.40. The van der Waals surface area contributed by atoms with Crippen LogP contribution < -0.4 is 5.32 Å². The van der Waals surface area contributed by atoms with Gasteiger partial charge in [-0.15, -0.1) is 0 Å². The SMILES string of the molecule is CCn1c(CNc2ccc(Br)c(F)c2)nc2ccccc21. The summed E-state index contributed by atoms with van der Waals surface area (Å²) in [6.45, 7) is 3.51. The number of hydrogen-bond donors (Lipinski definition) is 1. The van der Waals surface area contributed by atoms with E-state index in [4.69, 9.17) is 0 Å². The average molecular weight is 348 g/mol. The molecular formula is C16H15BrFN3. The zero-order chi connectivity index (χ0) is 14.8. The van der Waals surface area contributed by atoms with Crippen LogP contribution in [0.5, 0.6) is 0 Å². The van der Waals surface area contributed by atoms with E-state index in [-0.39, 0.29) is 5.82 Å². The first-order valence-corrected chi connectivity index (χ1v) is 7.61. The highest BCUT2D eigenvalue weighted by atomic mass is 79.9. The number of anilines is 1. The average Bonchev–Trinajstić information content (AvgIpc) is 2.86. The number of rotatable bonds is 4. The Balaban J connectivity index is 1.86. The van der Waals surface area contributed by atoms with E-state index in [1.54, 1.807) is 6.07 Å². The van der Waals surface area contributed by atoms with Gasteiger partial charge in [-0.25, -0.2) is 9.37 Å². The highest BCUT2D eigenvalue weighted by Gasteiger charge is 2.09. The predicted octanol–water partition coefficient (Wildman–Crippen LogP) is 4.57. The molecule has 0 spiro atoms. The molecule has 0 bridgehead atoms. The molecule has 0 radical (unpaired) electrons. The Morgan fingerprint density at radius 2 is 2.05 bits per heavy atom. The van der Waals surface area contributed by atoms with Crippen molar-refractivity contribution < 1.29 is 4.39 Å². The van der Waals surface area contributed by atoms with Gasteiger partial charge in [0.15, 0.2) is 0 Å². The summed E-state index contributed by atoms with van der Waals surface area (Å²) in [6, 6.07) is 13.1. The zero-order valence-corrected chi connectivity index (χ0v) is 13.2. The van der Waals surface area contributed by atoms with E-state index >= 15 is 0 Å². The molecule has 3 rings (SSSR count). The van der Waals surface area contributed by atoms with E-state index in [1.807, 2.05) is 24.3 Å². The van der Waals surface area contributed by atoms with Crippen LogP contribution in [0.4, 0.5) is 10.1 Å². The number of halogens is 2. The summed E-state index contributed by atoms with van der Waals surface area (Å²) in [7, 11) is 0. The fourth-order valence-corrected chi connectivity index (χ4v) is 2.65. The van der Waals surface area contributed by atoms with E-state index < -0.39 is 0 Å². The maximum atomic E-state index is 13.5. The number of nitrogens with zero attached hydrogens (tertiary/aromatic N) is 2. The van der Waals surface area contributed by atoms with Crippen LogP contribution in [0, 0.1) is 5.82 Å². The largest absolute Gasteiger partial charge is 0.378 e. The van der Waals surface area contributed by atoms with Crippen LogP contribution >= 0.6 is 15.9 Å². The molecule has 1 heterocycles. The molecule has 0 saturated carbocycles. The smallest absolute Gasteiger partial charge is 0.139 e. The van der Waals surface area contributed by atoms with Gasteiger partial charge >= 0.3 is 0 Å². The maximum absolute atomic E-state index is 13.5. The third-order valence-electron chi connectivity index (χ3n) is 3.42. The van der Waals surface area contributed by atoms with Crippen molar-refractivity contribution in [3.63, 3.8) is 0 Å². The fraction of sp³-hybridized carbons (Fsp3) is 0.188. The monoisotopic (exact) mass is 347 g/mol. The van der Waals surface area contributed by atoms with Crippen molar-refractivity contribution in [3.05, 3.63) is 58.6 Å². The molecule has 0 aliphatic rings. The number of aromatic nitrogens is 2. The molecule has 1 N–H and O–H groups in total. The van der Waals surface area contributed by atoms with Crippen LogP contribution in [0.15, 0.2) is 46.9 Å². The Kier molecular flexibility index (Phi) is 3.92. The number of hydrogen-bond acceptors (Lipinski definition) is 2. The van der Waals surface area contributed by atoms with Gasteiger partial charge in [-0.3, -0.25) is 0 Å². The van der Waals surface area contributed by atoms with Gasteiger partial charge in [-0.1, -0.05) is 12.1 Å². The summed E-state index contributed by atoms with van der Waals surface area (Å²) >= 11 is 3.15. The van der Waals surface area contributed by atoms with Gasteiger partial charge in [0.05, 0.1) is 22.1 Å². The number of fused-ring (bicyclic) bond motifs is 1. The van der Waals surface area contributed by atoms with Crippen LogP contribution in [-0.4, -0.2) is 9.55 Å². The van der Waals surface area contributed by atoms with Gasteiger partial charge in [0.2, 0.25) is 0 Å². The van der Waals surface area contributed by atoms with Crippen molar-refractivity contribution in [2.75, 3.05) is 5.32 Å². The lowest BCUT2D eigenvalue weighted by atomic mass is 10.3. The van der Waals surface area contributed by atoms with Crippen molar-refractivity contribution >= 4 is 32.7 Å². The summed E-state index contributed by atoms with van der Waals surface area (Å²) in [5.41, 5.74) is 2.85. The highest BCUT2D eigenvalue weighted by Crippen LogP contribution is 2.21. The summed E-state index contributed by atoms with van der Waals surface area (Å²) in [5, 5.41) is 3.22. The van der Waals surface area contributed by atoms with Crippen molar-refractivity contribution in [1.82, 2.24) is 9.55 Å². The first-order valence-electron chi connectivity index (χ1n) is 6.82. The van der Waals surface area contributed by atoms with E-state index in [0.29, 0.717) is 11.0 Å². The maximum Gasteiger partial charge on any atom is 0.139 e. The molecule has 108 valence electrons. The first kappa shape index (κ1) is 14.1. The van der Waals surface area contributed by atoms with Gasteiger partial charge in [0.25, 0.3) is 0 Å². The van der Waals surface area contributed by atoms with E-state index in [0.717, 1.165) is 29.1 Å². The summed E-state index contributed by atoms with van der Waals surface area (Å²) in [5.74, 6) is 0.672. The van der Waals surface area contributed by atoms with E-state index in [2.05, 4.69) is 43.8 Å². The zero-order valence-electron chi connectivity index (χ0n) is 11.6. The molecule has 0 aliphatic heterocycles. The van der Waals surface area contributed by atoms with Crippen LogP contribution in [0.3, 0.4) is 0 Å². The number of nitrogens with one attached hydrogen (secondary N) is 1. The Morgan fingerprint density at radius 3 is 2.81 bits per heavy atom. The van der Waals surface area contributed by atoms with Crippen LogP contribution in [0.1, 0.15) is 12.7 Å². The third kappa shape index (κ3) is 2.78. The molecule has 0 saturated heterocycles. The number of aryl methyl sites for hydroxylation is 1. The van der Waals surface area contributed by atoms with Crippen LogP contribution in [0.2, 0.25) is 0 Å². The van der Waals surface area contributed by atoms with Gasteiger partial charge in [-0.05, 0) is 53.2 Å². The van der Waals surface area contributed by atoms with E-state index in [1.165, 1.54) is 6.07 Å². The molecule has 0 amide bonds. The Bertz CT molecular complexity index is 782. The van der Waals surface area contributed by atoms with Crippen molar-refractivity contribution in [3.8, 4) is 0 Å². The molecule has 0 aliphatic carbocycles. The lowest BCUT2D eigenvalue weighted by molar-refractivity contribution is 0.621. The summed E-state index contributed by atoms with van der Waals surface area (Å²) in [6.07, 6.45) is 0. The Morgan fingerprint density at radius 1 is 1.24 bits per heavy atom. The van der Waals surface area contributed by atoms with Gasteiger partial charge < -0.3 is 9.88 Å². The standard InChI is InChI=1S/C16H15BrFN3/c1-2-21-15-6-4-3-5-14(15)20-16(21)10-19-11-7-8-12(17)13(18)9-11/h3-9,19H,2,10H2,1H3. The lowest BCUT2D eigenvalue weighted by Crippen LogP contribution is -2.08. The number of benzene rings is 2. The van der Waals surface area contributed by atoms with Crippen LogP contribution in [0.25, 0.3) is 11.0 Å². The van der Waals surface area contributed by atoms with Crippen molar-refractivity contribution in [2.45, 2.75) is 20.0 Å². The molecule has 2 aromatic carbocycles. The Hall–Kier alpha value is -1.88. The second kappa shape index (κ2) is 5.85. The molecule has 3 nitrogen and oxygen atoms in total. The van der Waals surface area contributed by atoms with Gasteiger partial charge in [0, 0.05) is 12.2 Å². The molecular weight excluding hydrogens is 333 g/mol. The minimum Gasteiger partial charge on any atom is -0.378 e. The normalized spacial score (nSPS) is 11.0. The topological polar surface area (TPSA) is 29.9 Å². The first-order chi connectivity index (χ1) is 10.2. The van der Waals surface area contributed by atoms with Crippen LogP contribution in [-0.2, 0) is 13.1 Å². The minimum atomic E-state index is -0.274. The molecule has 0 atom stereocenters. The predicted molar refractivity (Wildman–Crippen MR) is 86.8 cm³/mol. The third-order valence-corrected chi connectivity index (χ3v) is 4.06. The number of imidazole rings is 1. The van der Waals surface area contributed by atoms with Crippen molar-refractivity contribution in [2.24, 2.45) is 0 Å². The molecule has 21 heavy (non-hydrogen) atoms. The quantitative estimate of drug-likeness (QED) is 0.749. The second-order valence-electron chi connectivity index (χ2n) is 4.74. The Labute approximate surface area is 130 Å². The lowest BCUT2D eigenvalue weighted by Gasteiger charge is -2.09. The summed E-state index contributed by atoms with van der Waals surface area (Å²) in [4.78, 5) is 4.64. The molecule has 1 aromatic heterocycles. The highest BCUT2D eigenvalue weighted by molar-refractivity contribution is 9.10. The van der Waals surface area contributed by atoms with Gasteiger partial charge in [0.1, 0.15) is 11.6 Å². The minimum absolute atomic E-state index is 0.274. The molecule has 0 fully saturated rings. The molecule has 3 aromatic rings. The molecule has 0 unspecified atom stereocenters. The van der Waals surface area contributed by atoms with Gasteiger partial charge in [-0.2, -0.15) is 0 Å². The van der Waals surface area contributed by atoms with Crippen molar-refractivity contribution in [1.29, 1.82) is 0 Å². The number of para-hydroxylation sites is 2.